The second-order valence-electron chi connectivity index (χ2n) is 3.31. The predicted octanol–water partition coefficient (Wildman–Crippen LogP) is 1.40. The maximum Gasteiger partial charge on any atom is 0.330 e. The summed E-state index contributed by atoms with van der Waals surface area (Å²) < 4.78 is 6.59. The van der Waals surface area contributed by atoms with E-state index in [4.69, 9.17) is 0 Å². The molecule has 0 radical (unpaired) electrons. The second-order valence-corrected chi connectivity index (χ2v) is 3.31. The lowest BCUT2D eigenvalue weighted by Crippen LogP contribution is -1.96. The van der Waals surface area contributed by atoms with Gasteiger partial charge < -0.3 is 9.30 Å². The third-order valence-corrected chi connectivity index (χ3v) is 2.23. The third-order valence-electron chi connectivity index (χ3n) is 2.23. The molecule has 1 aliphatic rings. The molecule has 0 aromatic carbocycles. The van der Waals surface area contributed by atoms with Crippen molar-refractivity contribution in [3.63, 3.8) is 0 Å². The molecule has 0 atom stereocenters. The first-order valence-corrected chi connectivity index (χ1v) is 4.59. The van der Waals surface area contributed by atoms with E-state index in [-0.39, 0.29) is 5.97 Å². The summed E-state index contributed by atoms with van der Waals surface area (Å²) >= 11 is 0. The van der Waals surface area contributed by atoms with Crippen LogP contribution in [-0.4, -0.2) is 22.6 Å². The molecule has 1 aliphatic carbocycles. The van der Waals surface area contributed by atoms with Gasteiger partial charge in [0.1, 0.15) is 0 Å². The number of esters is 1. The van der Waals surface area contributed by atoms with Gasteiger partial charge in [-0.1, -0.05) is 0 Å². The molecule has 0 bridgehead atoms. The molecule has 1 aromatic heterocycles. The highest BCUT2D eigenvalue weighted by molar-refractivity contribution is 5.86. The van der Waals surface area contributed by atoms with Gasteiger partial charge in [-0.05, 0) is 18.9 Å². The smallest absolute Gasteiger partial charge is 0.330 e. The molecule has 0 saturated heterocycles. The number of nitrogens with zero attached hydrogens (tertiary/aromatic N) is 2. The first-order valence-electron chi connectivity index (χ1n) is 4.59. The number of hydrogen-bond acceptors (Lipinski definition) is 3. The number of imidazole rings is 1. The molecule has 0 amide bonds. The van der Waals surface area contributed by atoms with Crippen molar-refractivity contribution in [3.8, 4) is 0 Å². The van der Waals surface area contributed by atoms with Crippen molar-refractivity contribution in [2.45, 2.75) is 18.9 Å². The zero-order valence-corrected chi connectivity index (χ0v) is 8.01. The molecule has 2 rings (SSSR count). The lowest BCUT2D eigenvalue weighted by Gasteiger charge is -2.00. The lowest BCUT2D eigenvalue weighted by atomic mass is 10.4. The minimum absolute atomic E-state index is 0.339. The minimum Gasteiger partial charge on any atom is -0.466 e. The maximum atomic E-state index is 10.9. The van der Waals surface area contributed by atoms with Crippen LogP contribution in [0.1, 0.15) is 24.6 Å². The first-order chi connectivity index (χ1) is 6.81. The summed E-state index contributed by atoms with van der Waals surface area (Å²) in [6.07, 6.45) is 9.10. The number of ether oxygens (including phenoxy) is 1. The van der Waals surface area contributed by atoms with Crippen molar-refractivity contribution in [2.24, 2.45) is 0 Å². The molecule has 0 unspecified atom stereocenters. The zero-order valence-electron chi connectivity index (χ0n) is 8.01. The number of rotatable bonds is 3. The quantitative estimate of drug-likeness (QED) is 0.537. The normalized spacial score (nSPS) is 16.1. The predicted molar refractivity (Wildman–Crippen MR) is 51.5 cm³/mol. The monoisotopic (exact) mass is 192 g/mol. The van der Waals surface area contributed by atoms with Gasteiger partial charge in [0.2, 0.25) is 0 Å². The maximum absolute atomic E-state index is 10.9. The van der Waals surface area contributed by atoms with E-state index in [1.54, 1.807) is 18.6 Å². The van der Waals surface area contributed by atoms with Crippen molar-refractivity contribution in [3.05, 3.63) is 24.3 Å². The lowest BCUT2D eigenvalue weighted by molar-refractivity contribution is -0.134. The van der Waals surface area contributed by atoms with Gasteiger partial charge in [-0.25, -0.2) is 9.78 Å². The summed E-state index contributed by atoms with van der Waals surface area (Å²) in [6.45, 7) is 0. The number of methoxy groups -OCH3 is 1. The van der Waals surface area contributed by atoms with Crippen molar-refractivity contribution >= 4 is 12.0 Å². The van der Waals surface area contributed by atoms with Crippen LogP contribution in [0.25, 0.3) is 6.08 Å². The van der Waals surface area contributed by atoms with Crippen molar-refractivity contribution in [1.29, 1.82) is 0 Å². The Hall–Kier alpha value is -1.58. The molecular formula is C10H12N2O2. The van der Waals surface area contributed by atoms with Crippen molar-refractivity contribution in [2.75, 3.05) is 7.11 Å². The molecule has 4 nitrogen and oxygen atoms in total. The fourth-order valence-electron chi connectivity index (χ4n) is 1.32. The van der Waals surface area contributed by atoms with Crippen LogP contribution in [0.3, 0.4) is 0 Å². The minimum atomic E-state index is -0.339. The van der Waals surface area contributed by atoms with E-state index in [0.717, 1.165) is 5.69 Å². The Bertz CT molecular complexity index is 364. The van der Waals surface area contributed by atoms with E-state index in [0.29, 0.717) is 6.04 Å². The second kappa shape index (κ2) is 3.65. The molecule has 74 valence electrons. The molecule has 0 aliphatic heterocycles. The fraction of sp³-hybridized carbons (Fsp3) is 0.400. The summed E-state index contributed by atoms with van der Waals surface area (Å²) in [5.41, 5.74) is 0.956. The number of hydrogen-bond donors (Lipinski definition) is 0. The van der Waals surface area contributed by atoms with Crippen LogP contribution < -0.4 is 0 Å². The van der Waals surface area contributed by atoms with Crippen LogP contribution in [0.2, 0.25) is 0 Å². The largest absolute Gasteiger partial charge is 0.466 e. The SMILES string of the molecule is COC(=O)/C=C/c1cncn1C1CC1. The Kier molecular flexibility index (Phi) is 2.35. The van der Waals surface area contributed by atoms with Gasteiger partial charge in [-0.2, -0.15) is 0 Å². The molecule has 1 heterocycles. The van der Waals surface area contributed by atoms with E-state index in [9.17, 15) is 4.79 Å². The summed E-state index contributed by atoms with van der Waals surface area (Å²) in [4.78, 5) is 14.9. The van der Waals surface area contributed by atoms with Crippen molar-refractivity contribution < 1.29 is 9.53 Å². The molecule has 1 saturated carbocycles. The Morgan fingerprint density at radius 3 is 3.14 bits per heavy atom. The number of aromatic nitrogens is 2. The van der Waals surface area contributed by atoms with Crippen LogP contribution in [0, 0.1) is 0 Å². The van der Waals surface area contributed by atoms with Crippen LogP contribution in [-0.2, 0) is 9.53 Å². The molecular weight excluding hydrogens is 180 g/mol. The van der Waals surface area contributed by atoms with E-state index in [2.05, 4.69) is 14.3 Å². The molecule has 4 heteroatoms. The third kappa shape index (κ3) is 1.84. The van der Waals surface area contributed by atoms with E-state index in [1.807, 2.05) is 0 Å². The first kappa shape index (κ1) is 8.99. The van der Waals surface area contributed by atoms with Crippen molar-refractivity contribution in [1.82, 2.24) is 9.55 Å². The van der Waals surface area contributed by atoms with Crippen LogP contribution >= 0.6 is 0 Å². The van der Waals surface area contributed by atoms with Crippen LogP contribution in [0.4, 0.5) is 0 Å². The highest BCUT2D eigenvalue weighted by Gasteiger charge is 2.24. The van der Waals surface area contributed by atoms with Gasteiger partial charge in [0, 0.05) is 12.1 Å². The van der Waals surface area contributed by atoms with Crippen LogP contribution in [0.15, 0.2) is 18.6 Å². The Balaban J connectivity index is 2.11. The Morgan fingerprint density at radius 1 is 1.71 bits per heavy atom. The average Bonchev–Trinajstić information content (AvgIpc) is 2.94. The molecule has 1 fully saturated rings. The van der Waals surface area contributed by atoms with Gasteiger partial charge in [-0.3, -0.25) is 0 Å². The molecule has 0 spiro atoms. The zero-order chi connectivity index (χ0) is 9.97. The fourth-order valence-corrected chi connectivity index (χ4v) is 1.32. The van der Waals surface area contributed by atoms with Gasteiger partial charge in [0.15, 0.2) is 0 Å². The van der Waals surface area contributed by atoms with Gasteiger partial charge in [0.25, 0.3) is 0 Å². The Morgan fingerprint density at radius 2 is 2.50 bits per heavy atom. The van der Waals surface area contributed by atoms with E-state index in [1.165, 1.54) is 26.0 Å². The molecule has 14 heavy (non-hydrogen) atoms. The summed E-state index contributed by atoms with van der Waals surface area (Å²) in [7, 11) is 1.37. The summed E-state index contributed by atoms with van der Waals surface area (Å²) in [5, 5.41) is 0. The molecule has 0 N–H and O–H groups in total. The van der Waals surface area contributed by atoms with E-state index < -0.39 is 0 Å². The van der Waals surface area contributed by atoms with E-state index >= 15 is 0 Å². The number of carbonyl (C=O) groups is 1. The highest BCUT2D eigenvalue weighted by atomic mass is 16.5. The number of carbonyl (C=O) groups excluding carboxylic acids is 1. The van der Waals surface area contributed by atoms with Gasteiger partial charge in [-0.15, -0.1) is 0 Å². The van der Waals surface area contributed by atoms with Gasteiger partial charge >= 0.3 is 5.97 Å². The standard InChI is InChI=1S/C10H12N2O2/c1-14-10(13)5-4-9-6-11-7-12(9)8-2-3-8/h4-8H,2-3H2,1H3/b5-4+. The Labute approximate surface area is 82.2 Å². The highest BCUT2D eigenvalue weighted by Crippen LogP contribution is 2.35. The topological polar surface area (TPSA) is 44.1 Å². The summed E-state index contributed by atoms with van der Waals surface area (Å²) in [5.74, 6) is -0.339. The molecule has 1 aromatic rings. The average molecular weight is 192 g/mol. The van der Waals surface area contributed by atoms with Gasteiger partial charge in [0.05, 0.1) is 25.3 Å². The van der Waals surface area contributed by atoms with Crippen LogP contribution in [0.5, 0.6) is 0 Å². The summed E-state index contributed by atoms with van der Waals surface area (Å²) in [6, 6.07) is 0.579.